The Balaban J connectivity index is 1.87. The molecule has 5 nitrogen and oxygen atoms in total. The van der Waals surface area contributed by atoms with E-state index in [-0.39, 0.29) is 11.5 Å². The summed E-state index contributed by atoms with van der Waals surface area (Å²) >= 11 is 3.40. The first-order chi connectivity index (χ1) is 10.1. The van der Waals surface area contributed by atoms with Crippen molar-refractivity contribution in [3.63, 3.8) is 0 Å². The molecule has 3 rings (SSSR count). The van der Waals surface area contributed by atoms with E-state index in [9.17, 15) is 9.90 Å². The summed E-state index contributed by atoms with van der Waals surface area (Å²) in [5, 5.41) is 13.8. The van der Waals surface area contributed by atoms with Crippen molar-refractivity contribution in [2.45, 2.75) is 18.9 Å². The van der Waals surface area contributed by atoms with Crippen LogP contribution in [0.5, 0.6) is 0 Å². The summed E-state index contributed by atoms with van der Waals surface area (Å²) in [4.78, 5) is 11.4. The van der Waals surface area contributed by atoms with Gasteiger partial charge in [0.15, 0.2) is 0 Å². The molecule has 2 heterocycles. The zero-order chi connectivity index (χ0) is 14.8. The minimum atomic E-state index is -0.932. The summed E-state index contributed by atoms with van der Waals surface area (Å²) in [5.74, 6) is -0.846. The first-order valence-electron chi connectivity index (χ1n) is 6.76. The first kappa shape index (κ1) is 14.3. The number of benzene rings is 1. The number of rotatable bonds is 4. The molecule has 1 fully saturated rings. The molecule has 0 aliphatic carbocycles. The summed E-state index contributed by atoms with van der Waals surface area (Å²) in [7, 11) is 0. The van der Waals surface area contributed by atoms with Crippen LogP contribution in [0.25, 0.3) is 0 Å². The van der Waals surface area contributed by atoms with Gasteiger partial charge in [-0.25, -0.2) is 4.79 Å². The topological polar surface area (TPSA) is 64.3 Å². The standard InChI is InChI=1S/C15H15BrN2O3/c16-12-3-1-10(2-4-12)7-18-8-13(15(19)20)14(17-18)11-5-6-21-9-11/h1-4,8,11H,5-7,9H2,(H,19,20). The molecule has 110 valence electrons. The van der Waals surface area contributed by atoms with E-state index in [1.165, 1.54) is 0 Å². The van der Waals surface area contributed by atoms with Crippen LogP contribution in [-0.2, 0) is 11.3 Å². The van der Waals surface area contributed by atoms with Crippen molar-refractivity contribution >= 4 is 21.9 Å². The van der Waals surface area contributed by atoms with Crippen molar-refractivity contribution in [1.82, 2.24) is 9.78 Å². The lowest BCUT2D eigenvalue weighted by Gasteiger charge is -2.05. The molecule has 1 aromatic carbocycles. The fraction of sp³-hybridized carbons (Fsp3) is 0.333. The molecule has 0 radical (unpaired) electrons. The Hall–Kier alpha value is -1.66. The minimum Gasteiger partial charge on any atom is -0.478 e. The number of aromatic carboxylic acids is 1. The smallest absolute Gasteiger partial charge is 0.339 e. The van der Waals surface area contributed by atoms with Gasteiger partial charge in [-0.3, -0.25) is 4.68 Å². The second-order valence-corrected chi connectivity index (χ2v) is 6.03. The lowest BCUT2D eigenvalue weighted by Crippen LogP contribution is -2.06. The maximum absolute atomic E-state index is 11.4. The Morgan fingerprint density at radius 1 is 1.43 bits per heavy atom. The molecule has 1 aromatic heterocycles. The lowest BCUT2D eigenvalue weighted by atomic mass is 10.0. The van der Waals surface area contributed by atoms with Gasteiger partial charge in [0.25, 0.3) is 0 Å². The molecule has 1 atom stereocenters. The Morgan fingerprint density at radius 2 is 2.19 bits per heavy atom. The van der Waals surface area contributed by atoms with Crippen molar-refractivity contribution < 1.29 is 14.6 Å². The van der Waals surface area contributed by atoms with Crippen LogP contribution in [0.15, 0.2) is 34.9 Å². The Bertz CT molecular complexity index is 645. The van der Waals surface area contributed by atoms with E-state index < -0.39 is 5.97 Å². The van der Waals surface area contributed by atoms with Crippen molar-refractivity contribution in [3.05, 3.63) is 51.8 Å². The number of hydrogen-bond acceptors (Lipinski definition) is 3. The van der Waals surface area contributed by atoms with E-state index in [4.69, 9.17) is 4.74 Å². The molecule has 6 heteroatoms. The summed E-state index contributed by atoms with van der Waals surface area (Å²) in [5.41, 5.74) is 1.99. The molecule has 0 bridgehead atoms. The van der Waals surface area contributed by atoms with Crippen molar-refractivity contribution in [2.24, 2.45) is 0 Å². The molecule has 1 aliphatic heterocycles. The van der Waals surface area contributed by atoms with Gasteiger partial charge in [-0.05, 0) is 24.1 Å². The zero-order valence-corrected chi connectivity index (χ0v) is 12.9. The Kier molecular flexibility index (Phi) is 4.07. The lowest BCUT2D eigenvalue weighted by molar-refractivity contribution is 0.0695. The average Bonchev–Trinajstić information content (AvgIpc) is 3.10. The van der Waals surface area contributed by atoms with E-state index >= 15 is 0 Å². The normalized spacial score (nSPS) is 18.0. The molecule has 2 aromatic rings. The highest BCUT2D eigenvalue weighted by Crippen LogP contribution is 2.27. The van der Waals surface area contributed by atoms with E-state index in [2.05, 4.69) is 21.0 Å². The van der Waals surface area contributed by atoms with Gasteiger partial charge in [0.05, 0.1) is 18.8 Å². The van der Waals surface area contributed by atoms with Crippen LogP contribution in [0, 0.1) is 0 Å². The molecule has 1 aliphatic rings. The second kappa shape index (κ2) is 5.99. The first-order valence-corrected chi connectivity index (χ1v) is 7.55. The zero-order valence-electron chi connectivity index (χ0n) is 11.3. The summed E-state index contributed by atoms with van der Waals surface area (Å²) in [6.45, 7) is 1.78. The van der Waals surface area contributed by atoms with Crippen LogP contribution < -0.4 is 0 Å². The number of nitrogens with zero attached hydrogens (tertiary/aromatic N) is 2. The summed E-state index contributed by atoms with van der Waals surface area (Å²) in [6, 6.07) is 7.90. The van der Waals surface area contributed by atoms with Gasteiger partial charge in [-0.1, -0.05) is 28.1 Å². The van der Waals surface area contributed by atoms with E-state index in [0.717, 1.165) is 16.5 Å². The van der Waals surface area contributed by atoms with Crippen LogP contribution in [-0.4, -0.2) is 34.1 Å². The van der Waals surface area contributed by atoms with Crippen LogP contribution in [0.2, 0.25) is 0 Å². The van der Waals surface area contributed by atoms with Gasteiger partial charge in [0, 0.05) is 23.2 Å². The van der Waals surface area contributed by atoms with Crippen LogP contribution in [0.1, 0.15) is 34.0 Å². The number of hydrogen-bond donors (Lipinski definition) is 1. The molecule has 0 spiro atoms. The minimum absolute atomic E-state index is 0.0854. The number of carboxylic acid groups (broad SMARTS) is 1. The van der Waals surface area contributed by atoms with E-state index in [0.29, 0.717) is 25.5 Å². The van der Waals surface area contributed by atoms with Gasteiger partial charge >= 0.3 is 5.97 Å². The number of aromatic nitrogens is 2. The Morgan fingerprint density at radius 3 is 2.81 bits per heavy atom. The van der Waals surface area contributed by atoms with Gasteiger partial charge in [-0.15, -0.1) is 0 Å². The third-order valence-electron chi connectivity index (χ3n) is 3.59. The summed E-state index contributed by atoms with van der Waals surface area (Å²) in [6.07, 6.45) is 2.44. The number of carboxylic acids is 1. The number of halogens is 1. The maximum atomic E-state index is 11.4. The van der Waals surface area contributed by atoms with Crippen LogP contribution in [0.4, 0.5) is 0 Å². The highest BCUT2D eigenvalue weighted by molar-refractivity contribution is 9.10. The molecule has 1 N–H and O–H groups in total. The largest absolute Gasteiger partial charge is 0.478 e. The van der Waals surface area contributed by atoms with Gasteiger partial charge in [-0.2, -0.15) is 5.10 Å². The monoisotopic (exact) mass is 350 g/mol. The summed E-state index contributed by atoms with van der Waals surface area (Å²) < 4.78 is 8.05. The molecule has 21 heavy (non-hydrogen) atoms. The molecule has 0 amide bonds. The third-order valence-corrected chi connectivity index (χ3v) is 4.12. The quantitative estimate of drug-likeness (QED) is 0.920. The fourth-order valence-electron chi connectivity index (χ4n) is 2.51. The predicted molar refractivity (Wildman–Crippen MR) is 80.6 cm³/mol. The van der Waals surface area contributed by atoms with Crippen molar-refractivity contribution in [1.29, 1.82) is 0 Å². The van der Waals surface area contributed by atoms with E-state index in [1.54, 1.807) is 10.9 Å². The molecule has 1 saturated heterocycles. The second-order valence-electron chi connectivity index (χ2n) is 5.12. The molecule has 0 saturated carbocycles. The van der Waals surface area contributed by atoms with Gasteiger partial charge in [0.1, 0.15) is 5.56 Å². The van der Waals surface area contributed by atoms with Crippen molar-refractivity contribution in [2.75, 3.05) is 13.2 Å². The third kappa shape index (κ3) is 3.16. The van der Waals surface area contributed by atoms with Gasteiger partial charge < -0.3 is 9.84 Å². The predicted octanol–water partition coefficient (Wildman–Crippen LogP) is 2.90. The molecular formula is C15H15BrN2O3. The van der Waals surface area contributed by atoms with Gasteiger partial charge in [0.2, 0.25) is 0 Å². The highest BCUT2D eigenvalue weighted by atomic mass is 79.9. The number of carbonyl (C=O) groups is 1. The SMILES string of the molecule is O=C(O)c1cn(Cc2ccc(Br)cc2)nc1C1CCOC1. The Labute approximate surface area is 130 Å². The highest BCUT2D eigenvalue weighted by Gasteiger charge is 2.26. The van der Waals surface area contributed by atoms with Crippen molar-refractivity contribution in [3.8, 4) is 0 Å². The average molecular weight is 351 g/mol. The fourth-order valence-corrected chi connectivity index (χ4v) is 2.77. The molecular weight excluding hydrogens is 336 g/mol. The van der Waals surface area contributed by atoms with Crippen LogP contribution >= 0.6 is 15.9 Å². The maximum Gasteiger partial charge on any atom is 0.339 e. The molecule has 1 unspecified atom stereocenters. The van der Waals surface area contributed by atoms with E-state index in [1.807, 2.05) is 24.3 Å². The number of ether oxygens (including phenoxy) is 1. The van der Waals surface area contributed by atoms with Crippen LogP contribution in [0.3, 0.4) is 0 Å².